The van der Waals surface area contributed by atoms with E-state index in [1.54, 1.807) is 16.7 Å². The smallest absolute Gasteiger partial charge is 0.344 e. The van der Waals surface area contributed by atoms with E-state index in [-0.39, 0.29) is 18.1 Å². The maximum absolute atomic E-state index is 12.7. The van der Waals surface area contributed by atoms with Gasteiger partial charge in [-0.25, -0.2) is 9.78 Å². The summed E-state index contributed by atoms with van der Waals surface area (Å²) < 4.78 is 12.1. The van der Waals surface area contributed by atoms with Gasteiger partial charge in [-0.15, -0.1) is 11.3 Å². The fourth-order valence-electron chi connectivity index (χ4n) is 2.77. The van der Waals surface area contributed by atoms with Crippen LogP contribution in [-0.2, 0) is 17.9 Å². The van der Waals surface area contributed by atoms with E-state index < -0.39 is 11.4 Å². The number of ether oxygens (including phenoxy) is 1. The molecule has 0 amide bonds. The summed E-state index contributed by atoms with van der Waals surface area (Å²) in [5.74, 6) is -0.155. The highest BCUT2D eigenvalue weighted by atomic mass is 32.1. The Bertz CT molecular complexity index is 1210. The van der Waals surface area contributed by atoms with Gasteiger partial charge in [0.2, 0.25) is 11.3 Å². The predicted molar refractivity (Wildman–Crippen MR) is 103 cm³/mol. The van der Waals surface area contributed by atoms with Gasteiger partial charge < -0.3 is 13.8 Å². The molecule has 4 heterocycles. The molecule has 4 rings (SSSR count). The molecule has 0 N–H and O–H groups in total. The predicted octanol–water partition coefficient (Wildman–Crippen LogP) is 3.19. The summed E-state index contributed by atoms with van der Waals surface area (Å²) in [5, 5.41) is 6.14. The summed E-state index contributed by atoms with van der Waals surface area (Å²) in [6, 6.07) is 7.16. The molecule has 0 aliphatic rings. The van der Waals surface area contributed by atoms with Crippen LogP contribution in [0.1, 0.15) is 28.9 Å². The molecular weight excluding hydrogens is 380 g/mol. The van der Waals surface area contributed by atoms with E-state index in [0.717, 1.165) is 10.6 Å². The van der Waals surface area contributed by atoms with E-state index >= 15 is 0 Å². The SMILES string of the molecule is CCn1cc(C(=O)OCc2nc(-c3cccs3)no2)c(=O)c2ccc(C)nc21. The molecule has 0 aliphatic carbocycles. The van der Waals surface area contributed by atoms with Crippen LogP contribution in [-0.4, -0.2) is 25.7 Å². The van der Waals surface area contributed by atoms with Crippen LogP contribution in [0, 0.1) is 6.92 Å². The van der Waals surface area contributed by atoms with Gasteiger partial charge in [-0.3, -0.25) is 4.79 Å². The van der Waals surface area contributed by atoms with Gasteiger partial charge in [-0.05, 0) is 37.4 Å². The van der Waals surface area contributed by atoms with E-state index in [1.807, 2.05) is 31.4 Å². The lowest BCUT2D eigenvalue weighted by Crippen LogP contribution is -2.21. The van der Waals surface area contributed by atoms with Gasteiger partial charge in [-0.2, -0.15) is 4.98 Å². The van der Waals surface area contributed by atoms with Gasteiger partial charge in [-0.1, -0.05) is 11.2 Å². The summed E-state index contributed by atoms with van der Waals surface area (Å²) in [4.78, 5) is 34.7. The highest BCUT2D eigenvalue weighted by Gasteiger charge is 2.19. The van der Waals surface area contributed by atoms with Crippen molar-refractivity contribution in [3.8, 4) is 10.7 Å². The average molecular weight is 396 g/mol. The van der Waals surface area contributed by atoms with Gasteiger partial charge >= 0.3 is 5.97 Å². The number of fused-ring (bicyclic) bond motifs is 1. The van der Waals surface area contributed by atoms with Crippen molar-refractivity contribution in [1.82, 2.24) is 19.7 Å². The fraction of sp³-hybridized carbons (Fsp3) is 0.211. The quantitative estimate of drug-likeness (QED) is 0.478. The molecule has 4 aromatic rings. The van der Waals surface area contributed by atoms with Crippen LogP contribution in [0.5, 0.6) is 0 Å². The number of aryl methyl sites for hydroxylation is 2. The Hall–Kier alpha value is -3.33. The second kappa shape index (κ2) is 7.35. The molecular formula is C19H16N4O4S. The van der Waals surface area contributed by atoms with Crippen LogP contribution in [0.25, 0.3) is 21.7 Å². The minimum atomic E-state index is -0.745. The zero-order valence-corrected chi connectivity index (χ0v) is 16.0. The van der Waals surface area contributed by atoms with E-state index in [2.05, 4.69) is 15.1 Å². The number of hydrogen-bond acceptors (Lipinski definition) is 8. The van der Waals surface area contributed by atoms with Gasteiger partial charge in [0.25, 0.3) is 5.89 Å². The first-order valence-corrected chi connectivity index (χ1v) is 9.49. The lowest BCUT2D eigenvalue weighted by Gasteiger charge is -2.10. The zero-order chi connectivity index (χ0) is 19.7. The standard InChI is InChI=1S/C19H16N4O4S/c1-3-23-9-13(16(24)12-7-6-11(2)20-18(12)23)19(25)26-10-15-21-17(22-27-15)14-5-4-8-28-14/h4-9H,3,10H2,1-2H3. The molecule has 0 radical (unpaired) electrons. The number of rotatable bonds is 5. The minimum Gasteiger partial charge on any atom is -0.452 e. The van der Waals surface area contributed by atoms with Gasteiger partial charge in [0.1, 0.15) is 11.2 Å². The molecule has 0 aromatic carbocycles. The Morgan fingerprint density at radius 1 is 1.29 bits per heavy atom. The highest BCUT2D eigenvalue weighted by Crippen LogP contribution is 2.21. The molecule has 8 nitrogen and oxygen atoms in total. The van der Waals surface area contributed by atoms with Crippen LogP contribution in [0.15, 0.2) is 45.2 Å². The third kappa shape index (κ3) is 3.31. The maximum atomic E-state index is 12.7. The van der Waals surface area contributed by atoms with Crippen LogP contribution < -0.4 is 5.43 Å². The molecule has 0 fully saturated rings. The lowest BCUT2D eigenvalue weighted by molar-refractivity contribution is 0.0427. The molecule has 0 atom stereocenters. The third-order valence-electron chi connectivity index (χ3n) is 4.16. The first-order valence-electron chi connectivity index (χ1n) is 8.61. The van der Waals surface area contributed by atoms with Crippen LogP contribution in [0.3, 0.4) is 0 Å². The Morgan fingerprint density at radius 2 is 2.14 bits per heavy atom. The highest BCUT2D eigenvalue weighted by molar-refractivity contribution is 7.13. The Morgan fingerprint density at radius 3 is 2.89 bits per heavy atom. The number of thiophene rings is 1. The fourth-order valence-corrected chi connectivity index (χ4v) is 3.42. The van der Waals surface area contributed by atoms with E-state index in [4.69, 9.17) is 9.26 Å². The monoisotopic (exact) mass is 396 g/mol. The summed E-state index contributed by atoms with van der Waals surface area (Å²) in [5.41, 5.74) is 0.865. The van der Waals surface area contributed by atoms with Gasteiger partial charge in [0.15, 0.2) is 6.61 Å². The van der Waals surface area contributed by atoms with Gasteiger partial charge in [0, 0.05) is 18.4 Å². The average Bonchev–Trinajstić information content (AvgIpc) is 3.38. The maximum Gasteiger partial charge on any atom is 0.344 e. The molecule has 0 unspecified atom stereocenters. The molecule has 9 heteroatoms. The first kappa shape index (κ1) is 18.1. The van der Waals surface area contributed by atoms with Crippen molar-refractivity contribution in [2.24, 2.45) is 0 Å². The van der Waals surface area contributed by atoms with Crippen LogP contribution in [0.2, 0.25) is 0 Å². The van der Waals surface area contributed by atoms with Crippen molar-refractivity contribution in [2.45, 2.75) is 27.0 Å². The Kier molecular flexibility index (Phi) is 4.74. The summed E-state index contributed by atoms with van der Waals surface area (Å²) in [7, 11) is 0. The number of hydrogen-bond donors (Lipinski definition) is 0. The molecule has 142 valence electrons. The van der Waals surface area contributed by atoms with Crippen molar-refractivity contribution < 1.29 is 14.1 Å². The van der Waals surface area contributed by atoms with Crippen molar-refractivity contribution in [1.29, 1.82) is 0 Å². The van der Waals surface area contributed by atoms with E-state index in [0.29, 0.717) is 23.4 Å². The number of nitrogens with zero attached hydrogens (tertiary/aromatic N) is 4. The number of esters is 1. The Balaban J connectivity index is 1.58. The third-order valence-corrected chi connectivity index (χ3v) is 5.02. The zero-order valence-electron chi connectivity index (χ0n) is 15.2. The number of pyridine rings is 2. The number of aromatic nitrogens is 4. The normalized spacial score (nSPS) is 11.1. The second-order valence-corrected chi connectivity index (χ2v) is 6.99. The molecule has 4 aromatic heterocycles. The lowest BCUT2D eigenvalue weighted by atomic mass is 10.2. The summed E-state index contributed by atoms with van der Waals surface area (Å²) in [6.45, 7) is 4.10. The summed E-state index contributed by atoms with van der Waals surface area (Å²) >= 11 is 1.48. The number of carbonyl (C=O) groups is 1. The van der Waals surface area contributed by atoms with Crippen molar-refractivity contribution in [3.63, 3.8) is 0 Å². The van der Waals surface area contributed by atoms with Crippen molar-refractivity contribution in [3.05, 3.63) is 63.2 Å². The molecule has 0 saturated carbocycles. The molecule has 28 heavy (non-hydrogen) atoms. The Labute approximate surface area is 163 Å². The minimum absolute atomic E-state index is 0.0574. The van der Waals surface area contributed by atoms with Gasteiger partial charge in [0.05, 0.1) is 10.3 Å². The molecule has 0 saturated heterocycles. The number of carbonyl (C=O) groups excluding carboxylic acids is 1. The molecule has 0 bridgehead atoms. The van der Waals surface area contributed by atoms with Crippen LogP contribution >= 0.6 is 11.3 Å². The van der Waals surface area contributed by atoms with Crippen molar-refractivity contribution >= 4 is 28.3 Å². The van der Waals surface area contributed by atoms with Crippen LogP contribution in [0.4, 0.5) is 0 Å². The second-order valence-electron chi connectivity index (χ2n) is 6.05. The van der Waals surface area contributed by atoms with E-state index in [1.165, 1.54) is 17.5 Å². The van der Waals surface area contributed by atoms with Crippen molar-refractivity contribution in [2.75, 3.05) is 0 Å². The molecule has 0 aliphatic heterocycles. The topological polar surface area (TPSA) is 100 Å². The first-order chi connectivity index (χ1) is 13.6. The largest absolute Gasteiger partial charge is 0.452 e. The molecule has 0 spiro atoms. The summed E-state index contributed by atoms with van der Waals surface area (Å²) in [6.07, 6.45) is 1.48. The van der Waals surface area contributed by atoms with E-state index in [9.17, 15) is 9.59 Å².